The van der Waals surface area contributed by atoms with Crippen molar-refractivity contribution < 1.29 is 27.8 Å². The van der Waals surface area contributed by atoms with Crippen LogP contribution in [0.3, 0.4) is 0 Å². The van der Waals surface area contributed by atoms with E-state index in [0.29, 0.717) is 30.5 Å². The van der Waals surface area contributed by atoms with E-state index in [1.807, 2.05) is 0 Å². The fourth-order valence-corrected chi connectivity index (χ4v) is 2.31. The minimum Gasteiger partial charge on any atom is -0.496 e. The maximum absolute atomic E-state index is 13.3. The molecule has 0 radical (unpaired) electrons. The summed E-state index contributed by atoms with van der Waals surface area (Å²) >= 11 is 0. The van der Waals surface area contributed by atoms with Gasteiger partial charge in [-0.15, -0.1) is 0 Å². The van der Waals surface area contributed by atoms with Crippen molar-refractivity contribution >= 4 is 11.6 Å². The van der Waals surface area contributed by atoms with Crippen LogP contribution in [0.4, 0.5) is 14.5 Å². The Morgan fingerprint density at radius 2 is 1.79 bits per heavy atom. The van der Waals surface area contributed by atoms with E-state index >= 15 is 0 Å². The van der Waals surface area contributed by atoms with Gasteiger partial charge in [0, 0.05) is 30.3 Å². The van der Waals surface area contributed by atoms with E-state index in [1.54, 1.807) is 6.07 Å². The Bertz CT molecular complexity index is 779. The van der Waals surface area contributed by atoms with Crippen LogP contribution in [0, 0.1) is 11.6 Å². The number of hydrogen-bond donors (Lipinski definition) is 1. The van der Waals surface area contributed by atoms with E-state index < -0.39 is 17.5 Å². The molecule has 2 aromatic carbocycles. The Kier molecular flexibility index (Phi) is 4.50. The summed E-state index contributed by atoms with van der Waals surface area (Å²) in [6.07, 6.45) is 0.730. The smallest absolute Gasteiger partial charge is 0.259 e. The van der Waals surface area contributed by atoms with Crippen molar-refractivity contribution in [3.05, 3.63) is 47.5 Å². The van der Waals surface area contributed by atoms with Gasteiger partial charge in [0.05, 0.1) is 25.9 Å². The molecule has 0 spiro atoms. The lowest BCUT2D eigenvalue weighted by Crippen LogP contribution is -2.14. The summed E-state index contributed by atoms with van der Waals surface area (Å²) < 4.78 is 42.5. The molecule has 0 aliphatic carbocycles. The molecule has 0 bridgehead atoms. The summed E-state index contributed by atoms with van der Waals surface area (Å²) in [7, 11) is 1.42. The predicted octanol–water partition coefficient (Wildman–Crippen LogP) is 3.39. The number of amides is 1. The Labute approximate surface area is 137 Å². The summed E-state index contributed by atoms with van der Waals surface area (Å²) in [6, 6.07) is 6.19. The third-order valence-corrected chi connectivity index (χ3v) is 3.49. The molecule has 1 N–H and O–H groups in total. The molecule has 24 heavy (non-hydrogen) atoms. The molecule has 0 fully saturated rings. The molecule has 1 heterocycles. The fourth-order valence-electron chi connectivity index (χ4n) is 2.31. The fraction of sp³-hybridized carbons (Fsp3) is 0.235. The number of hydrogen-bond acceptors (Lipinski definition) is 4. The summed E-state index contributed by atoms with van der Waals surface area (Å²) in [5, 5.41) is 2.50. The highest BCUT2D eigenvalue weighted by Crippen LogP contribution is 2.36. The van der Waals surface area contributed by atoms with E-state index in [2.05, 4.69) is 5.32 Å². The van der Waals surface area contributed by atoms with Crippen LogP contribution in [0.5, 0.6) is 17.2 Å². The molecule has 1 aliphatic rings. The zero-order valence-electron chi connectivity index (χ0n) is 12.9. The Morgan fingerprint density at radius 3 is 2.46 bits per heavy atom. The largest absolute Gasteiger partial charge is 0.496 e. The number of halogens is 2. The molecular weight excluding hydrogens is 320 g/mol. The van der Waals surface area contributed by atoms with Gasteiger partial charge in [-0.2, -0.15) is 0 Å². The van der Waals surface area contributed by atoms with Crippen LogP contribution < -0.4 is 19.5 Å². The van der Waals surface area contributed by atoms with E-state index in [-0.39, 0.29) is 11.3 Å². The molecule has 7 heteroatoms. The van der Waals surface area contributed by atoms with Crippen molar-refractivity contribution in [1.29, 1.82) is 0 Å². The highest BCUT2D eigenvalue weighted by atomic mass is 19.2. The van der Waals surface area contributed by atoms with E-state index in [1.165, 1.54) is 19.2 Å². The van der Waals surface area contributed by atoms with E-state index in [4.69, 9.17) is 14.2 Å². The van der Waals surface area contributed by atoms with Gasteiger partial charge < -0.3 is 19.5 Å². The number of carbonyl (C=O) groups excluding carboxylic acids is 1. The third-order valence-electron chi connectivity index (χ3n) is 3.49. The van der Waals surface area contributed by atoms with Gasteiger partial charge in [0.25, 0.3) is 5.91 Å². The number of methoxy groups -OCH3 is 1. The molecule has 1 aliphatic heterocycles. The quantitative estimate of drug-likeness (QED) is 0.934. The van der Waals surface area contributed by atoms with Crippen LogP contribution in [0.15, 0.2) is 30.3 Å². The van der Waals surface area contributed by atoms with E-state index in [9.17, 15) is 13.6 Å². The maximum atomic E-state index is 13.3. The molecular formula is C17H15F2NO4. The summed E-state index contributed by atoms with van der Waals surface area (Å²) in [5.41, 5.74) is 0.333. The van der Waals surface area contributed by atoms with Gasteiger partial charge in [0.1, 0.15) is 5.75 Å². The van der Waals surface area contributed by atoms with Gasteiger partial charge in [0.2, 0.25) is 0 Å². The third kappa shape index (κ3) is 3.24. The van der Waals surface area contributed by atoms with Crippen molar-refractivity contribution in [2.75, 3.05) is 25.6 Å². The van der Waals surface area contributed by atoms with Gasteiger partial charge in [-0.05, 0) is 12.1 Å². The first-order valence-corrected chi connectivity index (χ1v) is 7.32. The van der Waals surface area contributed by atoms with Crippen molar-refractivity contribution in [2.45, 2.75) is 6.42 Å². The topological polar surface area (TPSA) is 56.8 Å². The Morgan fingerprint density at radius 1 is 1.08 bits per heavy atom. The first kappa shape index (κ1) is 16.0. The number of benzene rings is 2. The van der Waals surface area contributed by atoms with Crippen LogP contribution in [-0.4, -0.2) is 26.2 Å². The molecule has 0 atom stereocenters. The molecule has 5 nitrogen and oxygen atoms in total. The number of rotatable bonds is 3. The highest BCUT2D eigenvalue weighted by Gasteiger charge is 2.20. The van der Waals surface area contributed by atoms with Crippen LogP contribution in [-0.2, 0) is 0 Å². The SMILES string of the molecule is COc1cc2c(cc1C(=O)Nc1ccc(F)c(F)c1)OCCCO2. The van der Waals surface area contributed by atoms with E-state index in [0.717, 1.165) is 18.6 Å². The number of nitrogens with one attached hydrogen (secondary N) is 1. The monoisotopic (exact) mass is 335 g/mol. The lowest BCUT2D eigenvalue weighted by Gasteiger charge is -2.14. The second-order valence-corrected chi connectivity index (χ2v) is 5.13. The zero-order valence-corrected chi connectivity index (χ0v) is 12.9. The Balaban J connectivity index is 1.90. The standard InChI is InChI=1S/C17H15F2NO4/c1-22-14-9-16-15(23-5-2-6-24-16)8-11(14)17(21)20-10-3-4-12(18)13(19)7-10/h3-4,7-9H,2,5-6H2,1H3,(H,20,21). The molecule has 2 aromatic rings. The average Bonchev–Trinajstić information content (AvgIpc) is 2.81. The second-order valence-electron chi connectivity index (χ2n) is 5.13. The van der Waals surface area contributed by atoms with Gasteiger partial charge in [-0.3, -0.25) is 4.79 Å². The average molecular weight is 335 g/mol. The van der Waals surface area contributed by atoms with Crippen LogP contribution in [0.1, 0.15) is 16.8 Å². The number of carbonyl (C=O) groups is 1. The Hall–Kier alpha value is -2.83. The normalized spacial score (nSPS) is 13.1. The highest BCUT2D eigenvalue weighted by molar-refractivity contribution is 6.06. The lowest BCUT2D eigenvalue weighted by molar-refractivity contribution is 0.102. The maximum Gasteiger partial charge on any atom is 0.259 e. The summed E-state index contributed by atoms with van der Waals surface area (Å²) in [6.45, 7) is 0.986. The number of fused-ring (bicyclic) bond motifs is 1. The molecule has 3 rings (SSSR count). The summed E-state index contributed by atoms with van der Waals surface area (Å²) in [4.78, 5) is 12.5. The van der Waals surface area contributed by atoms with Crippen molar-refractivity contribution in [3.8, 4) is 17.2 Å². The van der Waals surface area contributed by atoms with Crippen molar-refractivity contribution in [1.82, 2.24) is 0 Å². The predicted molar refractivity (Wildman–Crippen MR) is 82.9 cm³/mol. The molecule has 0 saturated carbocycles. The molecule has 126 valence electrons. The van der Waals surface area contributed by atoms with Crippen molar-refractivity contribution in [2.24, 2.45) is 0 Å². The first-order chi connectivity index (χ1) is 11.6. The van der Waals surface area contributed by atoms with Crippen LogP contribution >= 0.6 is 0 Å². The number of anilines is 1. The van der Waals surface area contributed by atoms with Crippen LogP contribution in [0.25, 0.3) is 0 Å². The lowest BCUT2D eigenvalue weighted by atomic mass is 10.1. The molecule has 1 amide bonds. The van der Waals surface area contributed by atoms with Gasteiger partial charge in [-0.25, -0.2) is 8.78 Å². The second kappa shape index (κ2) is 6.74. The molecule has 0 saturated heterocycles. The molecule has 0 aromatic heterocycles. The molecule has 0 unspecified atom stereocenters. The minimum absolute atomic E-state index is 0.132. The minimum atomic E-state index is -1.04. The van der Waals surface area contributed by atoms with Gasteiger partial charge >= 0.3 is 0 Å². The van der Waals surface area contributed by atoms with Crippen LogP contribution in [0.2, 0.25) is 0 Å². The number of ether oxygens (including phenoxy) is 3. The van der Waals surface area contributed by atoms with Gasteiger partial charge in [-0.1, -0.05) is 0 Å². The van der Waals surface area contributed by atoms with Gasteiger partial charge in [0.15, 0.2) is 23.1 Å². The first-order valence-electron chi connectivity index (χ1n) is 7.32. The van der Waals surface area contributed by atoms with Crippen molar-refractivity contribution in [3.63, 3.8) is 0 Å². The summed E-state index contributed by atoms with van der Waals surface area (Å²) in [5.74, 6) is -1.34. The zero-order chi connectivity index (χ0) is 17.1.